The van der Waals surface area contributed by atoms with E-state index in [-0.39, 0.29) is 0 Å². The summed E-state index contributed by atoms with van der Waals surface area (Å²) >= 11 is 0. The highest BCUT2D eigenvalue weighted by Gasteiger charge is 2.01. The van der Waals surface area contributed by atoms with Crippen LogP contribution in [0.25, 0.3) is 0 Å². The van der Waals surface area contributed by atoms with Crippen LogP contribution in [0.15, 0.2) is 0 Å². The van der Waals surface area contributed by atoms with E-state index in [1.807, 2.05) is 0 Å². The summed E-state index contributed by atoms with van der Waals surface area (Å²) in [7, 11) is 2.41. The van der Waals surface area contributed by atoms with Gasteiger partial charge in [0.05, 0.1) is 0 Å². The molecule has 5 heteroatoms. The second-order valence-electron chi connectivity index (χ2n) is 1.33. The van der Waals surface area contributed by atoms with Gasteiger partial charge in [0.1, 0.15) is 0 Å². The lowest BCUT2D eigenvalue weighted by Gasteiger charge is -2.03. The van der Waals surface area contributed by atoms with Gasteiger partial charge in [-0.15, -0.1) is 0 Å². The van der Waals surface area contributed by atoms with Crippen molar-refractivity contribution in [2.75, 3.05) is 14.1 Å². The summed E-state index contributed by atoms with van der Waals surface area (Å²) in [5.41, 5.74) is 0. The highest BCUT2D eigenvalue weighted by molar-refractivity contribution is 7.18. The molecule has 0 spiro atoms. The van der Waals surface area contributed by atoms with E-state index in [0.29, 0.717) is 0 Å². The maximum Gasteiger partial charge on any atom is 0.419 e. The van der Waals surface area contributed by atoms with Crippen LogP contribution < -0.4 is 0 Å². The lowest BCUT2D eigenvalue weighted by atomic mass is 10.9. The summed E-state index contributed by atoms with van der Waals surface area (Å²) < 4.78 is 13.6. The molecule has 0 fully saturated rings. The van der Waals surface area contributed by atoms with E-state index in [4.69, 9.17) is 0 Å². The minimum atomic E-state index is -0.610. The van der Waals surface area contributed by atoms with Gasteiger partial charge in [0.25, 0.3) is 0 Å². The first-order chi connectivity index (χ1) is 3.68. The maximum absolute atomic E-state index is 10.2. The van der Waals surface area contributed by atoms with E-state index < -0.39 is 14.8 Å². The van der Waals surface area contributed by atoms with E-state index in [9.17, 15) is 9.36 Å². The SMILES string of the molecule is CN(C)C(=O)OP=O. The summed E-state index contributed by atoms with van der Waals surface area (Å²) in [4.78, 5) is 11.4. The number of rotatable bonds is 1. The van der Waals surface area contributed by atoms with Crippen molar-refractivity contribution < 1.29 is 13.9 Å². The average Bonchev–Trinajstić information content (AvgIpc) is 1.67. The first-order valence-corrected chi connectivity index (χ1v) is 2.62. The zero-order valence-corrected chi connectivity index (χ0v) is 5.51. The third-order valence-corrected chi connectivity index (χ3v) is 0.711. The molecule has 0 saturated carbocycles. The van der Waals surface area contributed by atoms with Gasteiger partial charge in [0.2, 0.25) is 0 Å². The number of amides is 1. The first-order valence-electron chi connectivity index (χ1n) is 1.89. The lowest BCUT2D eigenvalue weighted by Crippen LogP contribution is -2.19. The van der Waals surface area contributed by atoms with Gasteiger partial charge in [-0.25, -0.2) is 9.36 Å². The van der Waals surface area contributed by atoms with Crippen LogP contribution in [0.5, 0.6) is 0 Å². The predicted molar refractivity (Wildman–Crippen MR) is 27.8 cm³/mol. The van der Waals surface area contributed by atoms with Gasteiger partial charge in [0.15, 0.2) is 0 Å². The average molecular weight is 135 g/mol. The summed E-state index contributed by atoms with van der Waals surface area (Å²) in [6, 6.07) is 0. The van der Waals surface area contributed by atoms with Crippen LogP contribution in [-0.4, -0.2) is 25.1 Å². The molecular weight excluding hydrogens is 129 g/mol. The monoisotopic (exact) mass is 135 g/mol. The number of hydrogen-bond donors (Lipinski definition) is 0. The van der Waals surface area contributed by atoms with E-state index in [2.05, 4.69) is 4.52 Å². The smallest absolute Gasteiger partial charge is 0.356 e. The molecule has 1 amide bonds. The second kappa shape index (κ2) is 3.38. The zero-order chi connectivity index (χ0) is 6.57. The van der Waals surface area contributed by atoms with Crippen molar-refractivity contribution in [3.8, 4) is 0 Å². The Morgan fingerprint density at radius 2 is 2.12 bits per heavy atom. The van der Waals surface area contributed by atoms with Crippen molar-refractivity contribution >= 4 is 14.8 Å². The minimum Gasteiger partial charge on any atom is -0.356 e. The first kappa shape index (κ1) is 7.37. The van der Waals surface area contributed by atoms with Gasteiger partial charge >= 0.3 is 14.8 Å². The molecule has 0 heterocycles. The fourth-order valence-electron chi connectivity index (χ4n) is 0.114. The van der Waals surface area contributed by atoms with Crippen molar-refractivity contribution in [3.63, 3.8) is 0 Å². The van der Waals surface area contributed by atoms with Gasteiger partial charge in [-0.2, -0.15) is 0 Å². The fourth-order valence-corrected chi connectivity index (χ4v) is 0.341. The van der Waals surface area contributed by atoms with E-state index in [1.54, 1.807) is 0 Å². The molecule has 8 heavy (non-hydrogen) atoms. The molecule has 0 bridgehead atoms. The van der Waals surface area contributed by atoms with Crippen molar-refractivity contribution in [3.05, 3.63) is 0 Å². The number of carbonyl (C=O) groups excluding carboxylic acids is 1. The topological polar surface area (TPSA) is 46.6 Å². The third kappa shape index (κ3) is 2.53. The predicted octanol–water partition coefficient (Wildman–Crippen LogP) is 0.891. The Balaban J connectivity index is 3.48. The molecule has 0 atom stereocenters. The Morgan fingerprint density at radius 3 is 2.25 bits per heavy atom. The Morgan fingerprint density at radius 1 is 1.62 bits per heavy atom. The molecule has 4 nitrogen and oxygen atoms in total. The Bertz CT molecular complexity index is 103. The summed E-state index contributed by atoms with van der Waals surface area (Å²) in [6.07, 6.45) is -0.610. The molecule has 0 aliphatic carbocycles. The Kier molecular flexibility index (Phi) is 3.12. The molecule has 0 aliphatic rings. The minimum absolute atomic E-state index is 0.607. The molecule has 0 radical (unpaired) electrons. The van der Waals surface area contributed by atoms with Crippen molar-refractivity contribution in [2.45, 2.75) is 0 Å². The van der Waals surface area contributed by atoms with E-state index >= 15 is 0 Å². The molecule has 0 rings (SSSR count). The van der Waals surface area contributed by atoms with Gasteiger partial charge in [0, 0.05) is 14.1 Å². The summed E-state index contributed by atoms with van der Waals surface area (Å²) in [6.45, 7) is 0. The van der Waals surface area contributed by atoms with Crippen molar-refractivity contribution in [1.29, 1.82) is 0 Å². The fraction of sp³-hybridized carbons (Fsp3) is 0.667. The van der Waals surface area contributed by atoms with Crippen LogP contribution in [0.2, 0.25) is 0 Å². The van der Waals surface area contributed by atoms with Crippen LogP contribution >= 0.6 is 8.69 Å². The Labute approximate surface area is 48.7 Å². The highest BCUT2D eigenvalue weighted by Crippen LogP contribution is 1.96. The number of nitrogens with zero attached hydrogens (tertiary/aromatic N) is 1. The van der Waals surface area contributed by atoms with Gasteiger partial charge in [-0.1, -0.05) is 0 Å². The largest absolute Gasteiger partial charge is 0.419 e. The molecular formula is C3H6NO3P. The van der Waals surface area contributed by atoms with Crippen LogP contribution in [0.3, 0.4) is 0 Å². The molecule has 0 saturated heterocycles. The van der Waals surface area contributed by atoms with Crippen LogP contribution in [0.1, 0.15) is 0 Å². The normalized spacial score (nSPS) is 8.75. The number of hydrogen-bond acceptors (Lipinski definition) is 3. The van der Waals surface area contributed by atoms with Gasteiger partial charge in [-0.05, 0) is 0 Å². The van der Waals surface area contributed by atoms with Crippen molar-refractivity contribution in [2.24, 2.45) is 0 Å². The second-order valence-corrected chi connectivity index (χ2v) is 1.66. The lowest BCUT2D eigenvalue weighted by molar-refractivity contribution is 0.177. The maximum atomic E-state index is 10.2. The van der Waals surface area contributed by atoms with Crippen LogP contribution in [-0.2, 0) is 9.09 Å². The zero-order valence-electron chi connectivity index (χ0n) is 4.62. The van der Waals surface area contributed by atoms with Gasteiger partial charge in [-0.3, -0.25) is 0 Å². The molecule has 0 aromatic rings. The standard InChI is InChI=1S/C3H6NO3P/c1-4(2)3(5)7-8-6/h1-2H3. The highest BCUT2D eigenvalue weighted by atomic mass is 31.1. The molecule has 0 aromatic heterocycles. The molecule has 0 unspecified atom stereocenters. The van der Waals surface area contributed by atoms with E-state index in [1.165, 1.54) is 19.0 Å². The summed E-state index contributed by atoms with van der Waals surface area (Å²) in [5, 5.41) is 0. The molecule has 0 aromatic carbocycles. The number of carbonyl (C=O) groups is 1. The molecule has 46 valence electrons. The quantitative estimate of drug-likeness (QED) is 0.501. The summed E-state index contributed by atoms with van der Waals surface area (Å²) in [5.74, 6) is 0. The van der Waals surface area contributed by atoms with E-state index in [0.717, 1.165) is 0 Å². The molecule has 0 aliphatic heterocycles. The third-order valence-electron chi connectivity index (χ3n) is 0.481. The Hall–Kier alpha value is -0.630. The van der Waals surface area contributed by atoms with Crippen LogP contribution in [0, 0.1) is 0 Å². The van der Waals surface area contributed by atoms with Crippen LogP contribution in [0.4, 0.5) is 4.79 Å². The van der Waals surface area contributed by atoms with Gasteiger partial charge < -0.3 is 9.42 Å². The molecule has 0 N–H and O–H groups in total. The van der Waals surface area contributed by atoms with Crippen molar-refractivity contribution in [1.82, 2.24) is 4.90 Å².